The number of fused-ring (bicyclic) bond motifs is 1. The third kappa shape index (κ3) is 4.49. The lowest BCUT2D eigenvalue weighted by molar-refractivity contribution is -0.118. The fraction of sp³-hybridized carbons (Fsp3) is 0.318. The van der Waals surface area contributed by atoms with Crippen LogP contribution >= 0.6 is 35.0 Å². The van der Waals surface area contributed by atoms with Crippen LogP contribution < -0.4 is 10.6 Å². The van der Waals surface area contributed by atoms with Gasteiger partial charge >= 0.3 is 0 Å². The van der Waals surface area contributed by atoms with Gasteiger partial charge in [-0.05, 0) is 60.1 Å². The lowest BCUT2D eigenvalue weighted by atomic mass is 9.94. The Bertz CT molecular complexity index is 954. The number of anilines is 1. The molecule has 0 fully saturated rings. The van der Waals surface area contributed by atoms with Crippen LogP contribution in [0.4, 0.5) is 5.69 Å². The van der Waals surface area contributed by atoms with Crippen molar-refractivity contribution >= 4 is 52.1 Å². The summed E-state index contributed by atoms with van der Waals surface area (Å²) in [7, 11) is 0. The minimum Gasteiger partial charge on any atom is -0.377 e. The van der Waals surface area contributed by atoms with E-state index in [9.17, 15) is 4.79 Å². The number of amides is 1. The van der Waals surface area contributed by atoms with E-state index in [1.165, 1.54) is 10.5 Å². The van der Waals surface area contributed by atoms with E-state index >= 15 is 0 Å². The molecule has 1 unspecified atom stereocenters. The molecule has 7 heteroatoms. The van der Waals surface area contributed by atoms with E-state index in [4.69, 9.17) is 27.9 Å². The van der Waals surface area contributed by atoms with Crippen molar-refractivity contribution < 1.29 is 9.53 Å². The summed E-state index contributed by atoms with van der Waals surface area (Å²) in [6.07, 6.45) is 5.74. The second-order valence-corrected chi connectivity index (χ2v) is 8.75. The first-order valence-corrected chi connectivity index (χ1v) is 11.5. The van der Waals surface area contributed by atoms with Gasteiger partial charge in [-0.3, -0.25) is 4.79 Å². The smallest absolute Gasteiger partial charge is 0.246 e. The Balaban J connectivity index is 1.56. The molecule has 2 aromatic carbocycles. The molecular formula is C22H22Cl2N2O2S. The van der Waals surface area contributed by atoms with E-state index in [0.29, 0.717) is 28.9 Å². The molecule has 1 amide bonds. The molecule has 2 heterocycles. The van der Waals surface area contributed by atoms with E-state index in [1.807, 2.05) is 12.1 Å². The van der Waals surface area contributed by atoms with Crippen molar-refractivity contribution in [2.75, 3.05) is 31.3 Å². The van der Waals surface area contributed by atoms with Gasteiger partial charge in [0.2, 0.25) is 5.91 Å². The Morgan fingerprint density at radius 3 is 2.69 bits per heavy atom. The molecule has 0 aliphatic carbocycles. The quantitative estimate of drug-likeness (QED) is 0.619. The molecular weight excluding hydrogens is 427 g/mol. The minimum atomic E-state index is -0.398. The summed E-state index contributed by atoms with van der Waals surface area (Å²) < 4.78 is 5.36. The van der Waals surface area contributed by atoms with Crippen LogP contribution in [0.1, 0.15) is 29.2 Å². The van der Waals surface area contributed by atoms with Gasteiger partial charge in [0.05, 0.1) is 23.3 Å². The Hall–Kier alpha value is -1.50. The van der Waals surface area contributed by atoms with Crippen LogP contribution in [0.25, 0.3) is 5.57 Å². The highest BCUT2D eigenvalue weighted by Crippen LogP contribution is 2.37. The Morgan fingerprint density at radius 2 is 2.00 bits per heavy atom. The molecule has 152 valence electrons. The molecule has 2 aliphatic rings. The summed E-state index contributed by atoms with van der Waals surface area (Å²) in [5.41, 5.74) is 4.73. The average molecular weight is 449 g/mol. The molecule has 0 radical (unpaired) electrons. The predicted octanol–water partition coefficient (Wildman–Crippen LogP) is 5.34. The zero-order valence-electron chi connectivity index (χ0n) is 16.1. The van der Waals surface area contributed by atoms with Crippen molar-refractivity contribution in [2.24, 2.45) is 0 Å². The van der Waals surface area contributed by atoms with Crippen molar-refractivity contribution in [2.45, 2.75) is 23.8 Å². The highest BCUT2D eigenvalue weighted by atomic mass is 35.5. The molecule has 2 aliphatic heterocycles. The molecule has 0 saturated carbocycles. The molecule has 0 spiro atoms. The van der Waals surface area contributed by atoms with Gasteiger partial charge in [0.1, 0.15) is 6.04 Å². The van der Waals surface area contributed by atoms with E-state index in [-0.39, 0.29) is 5.91 Å². The Morgan fingerprint density at radius 1 is 1.21 bits per heavy atom. The highest BCUT2D eigenvalue weighted by molar-refractivity contribution is 7.98. The first kappa shape index (κ1) is 20.8. The monoisotopic (exact) mass is 448 g/mol. The molecule has 0 saturated heterocycles. The number of thioether (sulfide) groups is 1. The van der Waals surface area contributed by atoms with Gasteiger partial charge in [-0.25, -0.2) is 0 Å². The predicted molar refractivity (Wildman–Crippen MR) is 121 cm³/mol. The normalized spacial score (nSPS) is 18.7. The van der Waals surface area contributed by atoms with Gasteiger partial charge in [0.15, 0.2) is 0 Å². The van der Waals surface area contributed by atoms with Crippen LogP contribution in [0.15, 0.2) is 41.3 Å². The zero-order chi connectivity index (χ0) is 20.4. The number of hydrogen-bond donors (Lipinski definition) is 2. The topological polar surface area (TPSA) is 50.4 Å². The van der Waals surface area contributed by atoms with Crippen molar-refractivity contribution in [3.63, 3.8) is 0 Å². The first-order valence-electron chi connectivity index (χ1n) is 9.54. The summed E-state index contributed by atoms with van der Waals surface area (Å²) in [6.45, 7) is 1.98. The van der Waals surface area contributed by atoms with E-state index in [2.05, 4.69) is 29.0 Å². The maximum Gasteiger partial charge on any atom is 0.246 e. The molecule has 0 aromatic heterocycles. The van der Waals surface area contributed by atoms with Crippen LogP contribution in [0, 0.1) is 0 Å². The minimum absolute atomic E-state index is 0.118. The number of nitrogens with one attached hydrogen (secondary N) is 2. The van der Waals surface area contributed by atoms with Gasteiger partial charge in [-0.2, -0.15) is 0 Å². The molecule has 4 nitrogen and oxygen atoms in total. The maximum atomic E-state index is 13.0. The fourth-order valence-electron chi connectivity index (χ4n) is 3.82. The molecule has 2 aromatic rings. The summed E-state index contributed by atoms with van der Waals surface area (Å²) in [5, 5.41) is 7.35. The Labute approximate surface area is 185 Å². The maximum absolute atomic E-state index is 13.0. The number of halogens is 2. The van der Waals surface area contributed by atoms with Gasteiger partial charge in [0.25, 0.3) is 0 Å². The van der Waals surface area contributed by atoms with Crippen molar-refractivity contribution in [1.29, 1.82) is 0 Å². The lowest BCUT2D eigenvalue weighted by Crippen LogP contribution is -2.38. The third-order valence-electron chi connectivity index (χ3n) is 5.26. The van der Waals surface area contributed by atoms with Crippen molar-refractivity contribution in [3.05, 3.63) is 63.1 Å². The van der Waals surface area contributed by atoms with E-state index in [1.54, 1.807) is 23.9 Å². The van der Waals surface area contributed by atoms with Crippen LogP contribution in [0.3, 0.4) is 0 Å². The van der Waals surface area contributed by atoms with E-state index in [0.717, 1.165) is 36.1 Å². The van der Waals surface area contributed by atoms with Gasteiger partial charge in [-0.15, -0.1) is 11.8 Å². The first-order chi connectivity index (χ1) is 14.1. The fourth-order valence-corrected chi connectivity index (χ4v) is 5.02. The number of ether oxygens (including phenoxy) is 1. The van der Waals surface area contributed by atoms with Gasteiger partial charge in [0, 0.05) is 22.7 Å². The van der Waals surface area contributed by atoms with Crippen molar-refractivity contribution in [1.82, 2.24) is 5.32 Å². The zero-order valence-corrected chi connectivity index (χ0v) is 18.4. The molecule has 29 heavy (non-hydrogen) atoms. The number of carbonyl (C=O) groups excluding carboxylic acids is 1. The van der Waals surface area contributed by atoms with Gasteiger partial charge < -0.3 is 15.4 Å². The van der Waals surface area contributed by atoms with Crippen LogP contribution in [-0.4, -0.2) is 31.9 Å². The second-order valence-electron chi connectivity index (χ2n) is 7.06. The highest BCUT2D eigenvalue weighted by Gasteiger charge is 2.27. The number of hydrogen-bond acceptors (Lipinski definition) is 4. The summed E-state index contributed by atoms with van der Waals surface area (Å²) in [6, 6.07) is 9.39. The summed E-state index contributed by atoms with van der Waals surface area (Å²) in [5.74, 6) is -0.118. The van der Waals surface area contributed by atoms with Crippen LogP contribution in [0.5, 0.6) is 0 Å². The summed E-state index contributed by atoms with van der Waals surface area (Å²) >= 11 is 14.7. The Kier molecular flexibility index (Phi) is 6.52. The average Bonchev–Trinajstić information content (AvgIpc) is 2.73. The number of benzene rings is 2. The SMILES string of the molecule is CSc1ccc2c(c1)CCNC2C(=O)Nc1cc(Cl)c(C2=CCOCC2)c(Cl)c1. The largest absolute Gasteiger partial charge is 0.377 e. The van der Waals surface area contributed by atoms with Crippen LogP contribution in [0.2, 0.25) is 10.0 Å². The van der Waals surface area contributed by atoms with Gasteiger partial charge in [-0.1, -0.05) is 35.3 Å². The standard InChI is InChI=1S/C22H22Cl2N2O2S/c1-29-16-2-3-17-14(10-16)4-7-25-21(17)22(27)26-15-11-18(23)20(19(24)12-15)13-5-8-28-9-6-13/h2-3,5,10-12,21,25H,4,6-9H2,1H3,(H,26,27). The van der Waals surface area contributed by atoms with E-state index < -0.39 is 6.04 Å². The number of rotatable bonds is 4. The number of carbonyl (C=O) groups is 1. The molecule has 2 N–H and O–H groups in total. The van der Waals surface area contributed by atoms with Crippen LogP contribution in [-0.2, 0) is 16.0 Å². The van der Waals surface area contributed by atoms with Crippen molar-refractivity contribution in [3.8, 4) is 0 Å². The molecule has 1 atom stereocenters. The third-order valence-corrected chi connectivity index (χ3v) is 6.58. The molecule has 4 rings (SSSR count). The summed E-state index contributed by atoms with van der Waals surface area (Å²) in [4.78, 5) is 14.2. The second kappa shape index (κ2) is 9.11. The molecule has 0 bridgehead atoms. The lowest BCUT2D eigenvalue weighted by Gasteiger charge is -2.26.